The van der Waals surface area contributed by atoms with Gasteiger partial charge in [-0.2, -0.15) is 0 Å². The first kappa shape index (κ1) is 16.3. The number of anilines is 1. The SMILES string of the molecule is COc1ccc(-c2cnc3sc(N4CCC(C)(N)CC4)nn23)c(F)c1. The van der Waals surface area contributed by atoms with E-state index in [0.717, 1.165) is 36.0 Å². The van der Waals surface area contributed by atoms with Gasteiger partial charge in [0.15, 0.2) is 0 Å². The quantitative estimate of drug-likeness (QED) is 0.777. The maximum absolute atomic E-state index is 14.4. The maximum atomic E-state index is 14.4. The molecule has 0 bridgehead atoms. The minimum absolute atomic E-state index is 0.106. The number of nitrogens with zero attached hydrogens (tertiary/aromatic N) is 4. The highest BCUT2D eigenvalue weighted by Crippen LogP contribution is 2.32. The molecular weight excluding hydrogens is 341 g/mol. The molecule has 6 nitrogen and oxygen atoms in total. The third kappa shape index (κ3) is 2.96. The number of ether oxygens (including phenoxy) is 1. The van der Waals surface area contributed by atoms with E-state index in [0.29, 0.717) is 17.0 Å². The number of halogens is 1. The summed E-state index contributed by atoms with van der Waals surface area (Å²) in [6.45, 7) is 3.83. The van der Waals surface area contributed by atoms with E-state index >= 15 is 0 Å². The number of fused-ring (bicyclic) bond motifs is 1. The van der Waals surface area contributed by atoms with Crippen molar-refractivity contribution in [2.75, 3.05) is 25.1 Å². The molecule has 2 N–H and O–H groups in total. The Bertz CT molecular complexity index is 909. The monoisotopic (exact) mass is 361 g/mol. The molecule has 0 radical (unpaired) electrons. The summed E-state index contributed by atoms with van der Waals surface area (Å²) in [6.07, 6.45) is 3.50. The van der Waals surface area contributed by atoms with E-state index in [1.807, 2.05) is 0 Å². The number of hydrogen-bond donors (Lipinski definition) is 1. The van der Waals surface area contributed by atoms with E-state index in [2.05, 4.69) is 21.9 Å². The minimum Gasteiger partial charge on any atom is -0.497 e. The first-order valence-electron chi connectivity index (χ1n) is 8.19. The lowest BCUT2D eigenvalue weighted by Gasteiger charge is -2.36. The zero-order valence-corrected chi connectivity index (χ0v) is 15.0. The van der Waals surface area contributed by atoms with Crippen LogP contribution in [0.15, 0.2) is 24.4 Å². The van der Waals surface area contributed by atoms with Crippen molar-refractivity contribution >= 4 is 21.4 Å². The standard InChI is InChI=1S/C17H20FN5OS/c1-17(19)5-7-22(8-6-17)16-21-23-14(10-20-15(23)25-16)12-4-3-11(24-2)9-13(12)18/h3-4,9-10H,5-8,19H2,1-2H3. The van der Waals surface area contributed by atoms with Crippen LogP contribution in [0.1, 0.15) is 19.8 Å². The van der Waals surface area contributed by atoms with Crippen molar-refractivity contribution in [3.8, 4) is 17.0 Å². The second kappa shape index (κ2) is 5.96. The fourth-order valence-electron chi connectivity index (χ4n) is 3.03. The van der Waals surface area contributed by atoms with Crippen molar-refractivity contribution in [1.29, 1.82) is 0 Å². The summed E-state index contributed by atoms with van der Waals surface area (Å²) in [5.74, 6) is 0.131. The molecule has 1 saturated heterocycles. The number of aromatic nitrogens is 3. The first-order chi connectivity index (χ1) is 12.0. The Morgan fingerprint density at radius 2 is 2.08 bits per heavy atom. The normalized spacial score (nSPS) is 17.2. The Kier molecular flexibility index (Phi) is 3.88. The van der Waals surface area contributed by atoms with Crippen LogP contribution in [0.5, 0.6) is 5.75 Å². The molecule has 0 spiro atoms. The molecule has 0 atom stereocenters. The summed E-state index contributed by atoms with van der Waals surface area (Å²) in [4.78, 5) is 7.37. The molecule has 3 aromatic rings. The number of rotatable bonds is 3. The molecule has 1 aliphatic rings. The zero-order valence-electron chi connectivity index (χ0n) is 14.2. The van der Waals surface area contributed by atoms with Crippen molar-refractivity contribution in [3.63, 3.8) is 0 Å². The molecule has 4 rings (SSSR count). The molecule has 1 aromatic carbocycles. The Hall–Kier alpha value is -2.19. The van der Waals surface area contributed by atoms with Crippen LogP contribution in [0.4, 0.5) is 9.52 Å². The predicted octanol–water partition coefficient (Wildman–Crippen LogP) is 2.92. The van der Waals surface area contributed by atoms with Gasteiger partial charge in [0, 0.05) is 30.3 Å². The number of imidazole rings is 1. The minimum atomic E-state index is -0.354. The summed E-state index contributed by atoms with van der Waals surface area (Å²) in [7, 11) is 1.52. The lowest BCUT2D eigenvalue weighted by atomic mass is 9.91. The van der Waals surface area contributed by atoms with Crippen molar-refractivity contribution in [1.82, 2.24) is 14.6 Å². The van der Waals surface area contributed by atoms with E-state index in [-0.39, 0.29) is 11.4 Å². The summed E-state index contributed by atoms with van der Waals surface area (Å²) < 4.78 is 21.2. The van der Waals surface area contributed by atoms with Gasteiger partial charge < -0.3 is 15.4 Å². The lowest BCUT2D eigenvalue weighted by molar-refractivity contribution is 0.363. The maximum Gasteiger partial charge on any atom is 0.214 e. The van der Waals surface area contributed by atoms with Gasteiger partial charge in [-0.25, -0.2) is 13.9 Å². The average molecular weight is 361 g/mol. The van der Waals surface area contributed by atoms with Crippen LogP contribution in [-0.4, -0.2) is 40.3 Å². The predicted molar refractivity (Wildman–Crippen MR) is 96.8 cm³/mol. The molecule has 0 aliphatic carbocycles. The van der Waals surface area contributed by atoms with Gasteiger partial charge in [-0.05, 0) is 31.9 Å². The Morgan fingerprint density at radius 3 is 2.76 bits per heavy atom. The number of hydrogen-bond acceptors (Lipinski definition) is 6. The number of piperidine rings is 1. The van der Waals surface area contributed by atoms with E-state index in [1.54, 1.807) is 22.8 Å². The summed E-state index contributed by atoms with van der Waals surface area (Å²) in [6, 6.07) is 4.80. The molecule has 1 aliphatic heterocycles. The lowest BCUT2D eigenvalue weighted by Crippen LogP contribution is -2.48. The van der Waals surface area contributed by atoms with Gasteiger partial charge in [0.25, 0.3) is 0 Å². The zero-order chi connectivity index (χ0) is 17.6. The van der Waals surface area contributed by atoms with Gasteiger partial charge in [-0.3, -0.25) is 0 Å². The molecule has 8 heteroatoms. The number of nitrogens with two attached hydrogens (primary N) is 1. The molecular formula is C17H20FN5OS. The largest absolute Gasteiger partial charge is 0.497 e. The Morgan fingerprint density at radius 1 is 1.32 bits per heavy atom. The fraction of sp³-hybridized carbons (Fsp3) is 0.412. The highest BCUT2D eigenvalue weighted by Gasteiger charge is 2.28. The van der Waals surface area contributed by atoms with Gasteiger partial charge in [-0.1, -0.05) is 11.3 Å². The van der Waals surface area contributed by atoms with Crippen LogP contribution in [0.3, 0.4) is 0 Å². The second-order valence-corrected chi connectivity index (χ2v) is 7.64. The summed E-state index contributed by atoms with van der Waals surface area (Å²) in [5.41, 5.74) is 7.19. The average Bonchev–Trinajstić information content (AvgIpc) is 3.15. The van der Waals surface area contributed by atoms with E-state index in [1.165, 1.54) is 24.5 Å². The molecule has 2 aromatic heterocycles. The fourth-order valence-corrected chi connectivity index (χ4v) is 3.96. The summed E-state index contributed by atoms with van der Waals surface area (Å²) >= 11 is 1.51. The van der Waals surface area contributed by atoms with E-state index in [4.69, 9.17) is 10.5 Å². The van der Waals surface area contributed by atoms with E-state index < -0.39 is 0 Å². The summed E-state index contributed by atoms with van der Waals surface area (Å²) in [5, 5.41) is 5.56. The molecule has 132 valence electrons. The molecule has 3 heterocycles. The topological polar surface area (TPSA) is 68.7 Å². The number of benzene rings is 1. The van der Waals surface area contributed by atoms with E-state index in [9.17, 15) is 4.39 Å². The van der Waals surface area contributed by atoms with Crippen LogP contribution in [-0.2, 0) is 0 Å². The van der Waals surface area contributed by atoms with Crippen molar-refractivity contribution in [2.45, 2.75) is 25.3 Å². The van der Waals surface area contributed by atoms with Crippen LogP contribution >= 0.6 is 11.3 Å². The van der Waals surface area contributed by atoms with Crippen LogP contribution < -0.4 is 15.4 Å². The molecule has 0 saturated carbocycles. The first-order valence-corrected chi connectivity index (χ1v) is 9.01. The molecule has 1 fully saturated rings. The molecule has 0 unspecified atom stereocenters. The third-order valence-electron chi connectivity index (χ3n) is 4.70. The van der Waals surface area contributed by atoms with Crippen molar-refractivity contribution in [2.24, 2.45) is 5.73 Å². The Labute approximate surface area is 149 Å². The third-order valence-corrected chi connectivity index (χ3v) is 5.69. The van der Waals surface area contributed by atoms with Crippen LogP contribution in [0.25, 0.3) is 16.2 Å². The van der Waals surface area contributed by atoms with Gasteiger partial charge in [-0.15, -0.1) is 5.10 Å². The van der Waals surface area contributed by atoms with Crippen LogP contribution in [0, 0.1) is 5.82 Å². The van der Waals surface area contributed by atoms with Crippen LogP contribution in [0.2, 0.25) is 0 Å². The highest BCUT2D eigenvalue weighted by molar-refractivity contribution is 7.20. The smallest absolute Gasteiger partial charge is 0.214 e. The van der Waals surface area contributed by atoms with Gasteiger partial charge in [0.1, 0.15) is 11.6 Å². The van der Waals surface area contributed by atoms with Crippen molar-refractivity contribution in [3.05, 3.63) is 30.2 Å². The molecule has 0 amide bonds. The van der Waals surface area contributed by atoms with Gasteiger partial charge in [0.2, 0.25) is 10.1 Å². The van der Waals surface area contributed by atoms with Gasteiger partial charge in [0.05, 0.1) is 19.0 Å². The van der Waals surface area contributed by atoms with Crippen molar-refractivity contribution < 1.29 is 9.13 Å². The Balaban J connectivity index is 1.67. The second-order valence-electron chi connectivity index (χ2n) is 6.71. The molecule has 25 heavy (non-hydrogen) atoms. The highest BCUT2D eigenvalue weighted by atomic mass is 32.1. The number of methoxy groups -OCH3 is 1. The van der Waals surface area contributed by atoms with Gasteiger partial charge >= 0.3 is 0 Å².